The van der Waals surface area contributed by atoms with Gasteiger partial charge < -0.3 is 4.98 Å². The Morgan fingerprint density at radius 1 is 1.13 bits per heavy atom. The van der Waals surface area contributed by atoms with Crippen LogP contribution in [0, 0.1) is 6.92 Å². The highest BCUT2D eigenvalue weighted by Crippen LogP contribution is 2.07. The summed E-state index contributed by atoms with van der Waals surface area (Å²) in [5.74, 6) is 0.134. The van der Waals surface area contributed by atoms with Crippen LogP contribution in [0.4, 0.5) is 0 Å². The molecule has 0 bridgehead atoms. The molecule has 0 saturated carbocycles. The van der Waals surface area contributed by atoms with Gasteiger partial charge in [-0.3, -0.25) is 4.79 Å². The first-order valence-electron chi connectivity index (χ1n) is 4.98. The van der Waals surface area contributed by atoms with Crippen LogP contribution in [0.15, 0.2) is 42.5 Å². The summed E-state index contributed by atoms with van der Waals surface area (Å²) in [7, 11) is 0. The highest BCUT2D eigenvalue weighted by atomic mass is 16.1. The minimum absolute atomic E-state index is 0.134. The first kappa shape index (κ1) is 9.71. The maximum atomic E-state index is 11.8. The first-order valence-corrected chi connectivity index (χ1v) is 4.98. The second-order valence-corrected chi connectivity index (χ2v) is 3.64. The summed E-state index contributed by atoms with van der Waals surface area (Å²) >= 11 is 0. The van der Waals surface area contributed by atoms with E-state index >= 15 is 0 Å². The fraction of sp³-hybridized carbons (Fsp3) is 0.154. The fourth-order valence-corrected chi connectivity index (χ4v) is 1.54. The van der Waals surface area contributed by atoms with Gasteiger partial charge >= 0.3 is 0 Å². The highest BCUT2D eigenvalue weighted by Gasteiger charge is 2.07. The van der Waals surface area contributed by atoms with Crippen molar-refractivity contribution in [3.63, 3.8) is 0 Å². The lowest BCUT2D eigenvalue weighted by Crippen LogP contribution is -2.03. The van der Waals surface area contributed by atoms with Gasteiger partial charge in [0.2, 0.25) is 0 Å². The molecule has 0 saturated heterocycles. The molecule has 0 radical (unpaired) electrons. The van der Waals surface area contributed by atoms with Crippen molar-refractivity contribution in [2.24, 2.45) is 0 Å². The number of aromatic amines is 1. The quantitative estimate of drug-likeness (QED) is 0.757. The van der Waals surface area contributed by atoms with E-state index in [1.54, 1.807) is 0 Å². The molecule has 1 N–H and O–H groups in total. The molecule has 0 aliphatic rings. The summed E-state index contributed by atoms with van der Waals surface area (Å²) in [4.78, 5) is 14.8. The topological polar surface area (TPSA) is 32.9 Å². The van der Waals surface area contributed by atoms with Crippen molar-refractivity contribution in [1.29, 1.82) is 0 Å². The number of carbonyl (C=O) groups is 1. The summed E-state index contributed by atoms with van der Waals surface area (Å²) < 4.78 is 0. The second kappa shape index (κ2) is 4.13. The molecule has 0 unspecified atom stereocenters. The molecule has 2 heteroatoms. The summed E-state index contributed by atoms with van der Waals surface area (Å²) in [6.07, 6.45) is 0.459. The lowest BCUT2D eigenvalue weighted by atomic mass is 10.1. The van der Waals surface area contributed by atoms with Crippen LogP contribution in [0.2, 0.25) is 0 Å². The molecule has 1 aromatic heterocycles. The van der Waals surface area contributed by atoms with Gasteiger partial charge in [0.05, 0.1) is 5.69 Å². The Kier molecular flexibility index (Phi) is 2.68. The van der Waals surface area contributed by atoms with Crippen LogP contribution < -0.4 is 0 Å². The predicted molar refractivity (Wildman–Crippen MR) is 60.0 cm³/mol. The molecule has 15 heavy (non-hydrogen) atoms. The van der Waals surface area contributed by atoms with E-state index in [-0.39, 0.29) is 5.78 Å². The Hall–Kier alpha value is -1.83. The van der Waals surface area contributed by atoms with Crippen LogP contribution >= 0.6 is 0 Å². The zero-order valence-electron chi connectivity index (χ0n) is 8.66. The molecule has 2 aromatic rings. The van der Waals surface area contributed by atoms with E-state index in [2.05, 4.69) is 4.98 Å². The van der Waals surface area contributed by atoms with Gasteiger partial charge in [0.15, 0.2) is 5.78 Å². The van der Waals surface area contributed by atoms with Gasteiger partial charge in [-0.25, -0.2) is 0 Å². The molecule has 1 heterocycles. The normalized spacial score (nSPS) is 10.2. The van der Waals surface area contributed by atoms with Gasteiger partial charge in [0.25, 0.3) is 0 Å². The molecule has 0 spiro atoms. The van der Waals surface area contributed by atoms with E-state index in [4.69, 9.17) is 0 Å². The standard InChI is InChI=1S/C13H13NO/c1-10-7-8-12(14-10)13(15)9-11-5-3-2-4-6-11/h2-8,14H,9H2,1H3. The maximum Gasteiger partial charge on any atom is 0.183 e. The first-order chi connectivity index (χ1) is 7.25. The van der Waals surface area contributed by atoms with Crippen molar-refractivity contribution in [3.8, 4) is 0 Å². The molecule has 0 atom stereocenters. The molecule has 2 nitrogen and oxygen atoms in total. The minimum atomic E-state index is 0.134. The third kappa shape index (κ3) is 2.34. The van der Waals surface area contributed by atoms with Gasteiger partial charge in [-0.2, -0.15) is 0 Å². The van der Waals surface area contributed by atoms with E-state index in [0.29, 0.717) is 12.1 Å². The number of H-pyrrole nitrogens is 1. The number of aryl methyl sites for hydroxylation is 1. The van der Waals surface area contributed by atoms with Crippen molar-refractivity contribution >= 4 is 5.78 Å². The molecule has 2 rings (SSSR count). The molecule has 0 aliphatic carbocycles. The third-order valence-electron chi connectivity index (χ3n) is 2.34. The zero-order valence-corrected chi connectivity index (χ0v) is 8.66. The van der Waals surface area contributed by atoms with Crippen molar-refractivity contribution in [2.75, 3.05) is 0 Å². The number of aromatic nitrogens is 1. The zero-order chi connectivity index (χ0) is 10.7. The third-order valence-corrected chi connectivity index (χ3v) is 2.34. The number of ketones is 1. The summed E-state index contributed by atoms with van der Waals surface area (Å²) in [5.41, 5.74) is 2.76. The number of hydrogen-bond donors (Lipinski definition) is 1. The minimum Gasteiger partial charge on any atom is -0.356 e. The summed E-state index contributed by atoms with van der Waals surface area (Å²) in [6, 6.07) is 13.5. The van der Waals surface area contributed by atoms with Crippen LogP contribution in [-0.2, 0) is 6.42 Å². The SMILES string of the molecule is Cc1ccc(C(=O)Cc2ccccc2)[nH]1. The van der Waals surface area contributed by atoms with Gasteiger partial charge in [-0.1, -0.05) is 30.3 Å². The molecular formula is C13H13NO. The number of hydrogen-bond acceptors (Lipinski definition) is 1. The van der Waals surface area contributed by atoms with E-state index in [1.165, 1.54) is 0 Å². The van der Waals surface area contributed by atoms with Crippen LogP contribution in [0.1, 0.15) is 21.7 Å². The lowest BCUT2D eigenvalue weighted by Gasteiger charge is -1.98. The molecule has 0 aliphatic heterocycles. The Labute approximate surface area is 89.0 Å². The molecule has 76 valence electrons. The van der Waals surface area contributed by atoms with Crippen LogP contribution in [0.3, 0.4) is 0 Å². The number of rotatable bonds is 3. The van der Waals surface area contributed by atoms with Gasteiger partial charge in [0, 0.05) is 12.1 Å². The van der Waals surface area contributed by atoms with E-state index < -0.39 is 0 Å². The predicted octanol–water partition coefficient (Wildman–Crippen LogP) is 2.75. The van der Waals surface area contributed by atoms with Gasteiger partial charge in [0.1, 0.15) is 0 Å². The Morgan fingerprint density at radius 2 is 1.87 bits per heavy atom. The smallest absolute Gasteiger partial charge is 0.183 e. The average Bonchev–Trinajstić information content (AvgIpc) is 2.66. The van der Waals surface area contributed by atoms with Crippen LogP contribution in [0.5, 0.6) is 0 Å². The van der Waals surface area contributed by atoms with Gasteiger partial charge in [-0.15, -0.1) is 0 Å². The van der Waals surface area contributed by atoms with Crippen LogP contribution in [0.25, 0.3) is 0 Å². The number of nitrogens with one attached hydrogen (secondary N) is 1. The average molecular weight is 199 g/mol. The summed E-state index contributed by atoms with van der Waals surface area (Å²) in [6.45, 7) is 1.94. The lowest BCUT2D eigenvalue weighted by molar-refractivity contribution is 0.0988. The Balaban J connectivity index is 2.11. The monoisotopic (exact) mass is 199 g/mol. The van der Waals surface area contributed by atoms with Crippen molar-refractivity contribution in [3.05, 3.63) is 59.4 Å². The molecule has 0 fully saturated rings. The largest absolute Gasteiger partial charge is 0.356 e. The Bertz CT molecular complexity index is 456. The van der Waals surface area contributed by atoms with E-state index in [1.807, 2.05) is 49.4 Å². The Morgan fingerprint density at radius 3 is 2.47 bits per heavy atom. The second-order valence-electron chi connectivity index (χ2n) is 3.64. The molecule has 1 aromatic carbocycles. The van der Waals surface area contributed by atoms with E-state index in [0.717, 1.165) is 11.3 Å². The molecule has 0 amide bonds. The summed E-state index contributed by atoms with van der Waals surface area (Å²) in [5, 5.41) is 0. The fourth-order valence-electron chi connectivity index (χ4n) is 1.54. The number of carbonyl (C=O) groups excluding carboxylic acids is 1. The maximum absolute atomic E-state index is 11.8. The number of Topliss-reactive ketones (excluding diaryl/α,β-unsaturated/α-hetero) is 1. The highest BCUT2D eigenvalue weighted by molar-refractivity contribution is 5.95. The van der Waals surface area contributed by atoms with Gasteiger partial charge in [-0.05, 0) is 24.6 Å². The van der Waals surface area contributed by atoms with Crippen LogP contribution in [-0.4, -0.2) is 10.8 Å². The molecular weight excluding hydrogens is 186 g/mol. The van der Waals surface area contributed by atoms with Crippen molar-refractivity contribution in [2.45, 2.75) is 13.3 Å². The number of benzene rings is 1. The van der Waals surface area contributed by atoms with E-state index in [9.17, 15) is 4.79 Å². The van der Waals surface area contributed by atoms with Crippen molar-refractivity contribution < 1.29 is 4.79 Å². The van der Waals surface area contributed by atoms with Crippen molar-refractivity contribution in [1.82, 2.24) is 4.98 Å².